The number of para-hydroxylation sites is 2. The number of amides is 3. The Bertz CT molecular complexity index is 1010. The summed E-state index contributed by atoms with van der Waals surface area (Å²) in [5, 5.41) is 5.39. The van der Waals surface area contributed by atoms with E-state index in [0.717, 1.165) is 5.69 Å². The molecular weight excluding hydrogens is 358 g/mol. The van der Waals surface area contributed by atoms with Gasteiger partial charge in [0.25, 0.3) is 5.91 Å². The predicted octanol–water partition coefficient (Wildman–Crippen LogP) is 2.86. The van der Waals surface area contributed by atoms with Crippen LogP contribution in [-0.2, 0) is 11.3 Å². The molecule has 0 spiro atoms. The monoisotopic (exact) mass is 375 g/mol. The number of hydrogen-bond acceptors (Lipinski definition) is 5. The van der Waals surface area contributed by atoms with Crippen molar-refractivity contribution in [1.29, 1.82) is 0 Å². The van der Waals surface area contributed by atoms with Crippen molar-refractivity contribution in [3.63, 3.8) is 0 Å². The highest BCUT2D eigenvalue weighted by molar-refractivity contribution is 6.04. The molecule has 3 heterocycles. The number of nitrogens with zero attached hydrogens (tertiary/aromatic N) is 3. The minimum Gasteiger partial charge on any atom is -0.482 e. The van der Waals surface area contributed by atoms with Crippen molar-refractivity contribution in [2.75, 3.05) is 16.8 Å². The summed E-state index contributed by atoms with van der Waals surface area (Å²) in [5.41, 5.74) is 1.99. The summed E-state index contributed by atoms with van der Waals surface area (Å²) in [5.74, 6) is 0.754. The third-order valence-corrected chi connectivity index (χ3v) is 4.11. The molecule has 0 atom stereocenters. The van der Waals surface area contributed by atoms with Crippen molar-refractivity contribution in [2.24, 2.45) is 0 Å². The summed E-state index contributed by atoms with van der Waals surface area (Å²) >= 11 is 0. The Kier molecular flexibility index (Phi) is 4.83. The van der Waals surface area contributed by atoms with Crippen molar-refractivity contribution in [3.8, 4) is 5.75 Å². The Morgan fingerprint density at radius 2 is 1.93 bits per heavy atom. The van der Waals surface area contributed by atoms with Crippen molar-refractivity contribution < 1.29 is 14.3 Å². The molecule has 2 N–H and O–H groups in total. The number of anilines is 3. The van der Waals surface area contributed by atoms with E-state index in [2.05, 4.69) is 20.6 Å². The molecule has 1 aliphatic rings. The van der Waals surface area contributed by atoms with Gasteiger partial charge in [-0.15, -0.1) is 0 Å². The number of urea groups is 1. The molecule has 0 fully saturated rings. The van der Waals surface area contributed by atoms with Crippen LogP contribution in [-0.4, -0.2) is 28.5 Å². The highest BCUT2D eigenvalue weighted by Crippen LogP contribution is 2.37. The van der Waals surface area contributed by atoms with Crippen molar-refractivity contribution in [1.82, 2.24) is 15.3 Å². The van der Waals surface area contributed by atoms with Crippen LogP contribution < -0.4 is 20.3 Å². The molecule has 0 saturated heterocycles. The van der Waals surface area contributed by atoms with E-state index in [9.17, 15) is 9.59 Å². The van der Waals surface area contributed by atoms with Gasteiger partial charge in [-0.1, -0.05) is 18.2 Å². The SMILES string of the molecule is O=C(NCc1ccccn1)Nc1cc(N2C(=O)COc3ccccc32)ccn1. The molecule has 8 nitrogen and oxygen atoms in total. The summed E-state index contributed by atoms with van der Waals surface area (Å²) in [4.78, 5) is 34.4. The van der Waals surface area contributed by atoms with Gasteiger partial charge in [0, 0.05) is 18.5 Å². The fraction of sp³-hybridized carbons (Fsp3) is 0.100. The van der Waals surface area contributed by atoms with Gasteiger partial charge in [-0.05, 0) is 30.3 Å². The first-order chi connectivity index (χ1) is 13.7. The van der Waals surface area contributed by atoms with Crippen LogP contribution in [0.2, 0.25) is 0 Å². The van der Waals surface area contributed by atoms with Gasteiger partial charge >= 0.3 is 6.03 Å². The van der Waals surface area contributed by atoms with E-state index in [-0.39, 0.29) is 12.5 Å². The summed E-state index contributed by atoms with van der Waals surface area (Å²) in [7, 11) is 0. The zero-order chi connectivity index (χ0) is 19.3. The molecule has 0 unspecified atom stereocenters. The van der Waals surface area contributed by atoms with Crippen LogP contribution in [0.3, 0.4) is 0 Å². The number of rotatable bonds is 4. The van der Waals surface area contributed by atoms with E-state index < -0.39 is 6.03 Å². The largest absolute Gasteiger partial charge is 0.482 e. The molecule has 2 aromatic heterocycles. The number of carbonyl (C=O) groups is 2. The number of carbonyl (C=O) groups excluding carboxylic acids is 2. The molecule has 4 rings (SSSR count). The van der Waals surface area contributed by atoms with Gasteiger partial charge in [0.15, 0.2) is 6.61 Å². The molecule has 140 valence electrons. The van der Waals surface area contributed by atoms with E-state index in [1.165, 1.54) is 6.20 Å². The molecule has 3 aromatic rings. The fourth-order valence-electron chi connectivity index (χ4n) is 2.85. The first kappa shape index (κ1) is 17.5. The van der Waals surface area contributed by atoms with E-state index in [1.54, 1.807) is 35.4 Å². The number of ether oxygens (including phenoxy) is 1. The lowest BCUT2D eigenvalue weighted by molar-refractivity contribution is -0.120. The molecule has 8 heteroatoms. The fourth-order valence-corrected chi connectivity index (χ4v) is 2.85. The minimum atomic E-state index is -0.413. The molecular formula is C20H17N5O3. The maximum atomic E-state index is 12.4. The van der Waals surface area contributed by atoms with E-state index >= 15 is 0 Å². The van der Waals surface area contributed by atoms with Crippen molar-refractivity contribution in [2.45, 2.75) is 6.54 Å². The van der Waals surface area contributed by atoms with E-state index in [4.69, 9.17) is 4.74 Å². The second-order valence-electron chi connectivity index (χ2n) is 6.01. The van der Waals surface area contributed by atoms with Crippen LogP contribution in [0.25, 0.3) is 0 Å². The maximum absolute atomic E-state index is 12.4. The lowest BCUT2D eigenvalue weighted by Gasteiger charge is -2.29. The van der Waals surface area contributed by atoms with Gasteiger partial charge in [0.05, 0.1) is 23.6 Å². The first-order valence-corrected chi connectivity index (χ1v) is 8.66. The van der Waals surface area contributed by atoms with Crippen LogP contribution in [0.5, 0.6) is 5.75 Å². The number of fused-ring (bicyclic) bond motifs is 1. The van der Waals surface area contributed by atoms with Gasteiger partial charge in [-0.3, -0.25) is 20.0 Å². The summed E-state index contributed by atoms with van der Waals surface area (Å²) in [6.07, 6.45) is 3.20. The first-order valence-electron chi connectivity index (χ1n) is 8.66. The lowest BCUT2D eigenvalue weighted by Crippen LogP contribution is -2.35. The number of pyridine rings is 2. The van der Waals surface area contributed by atoms with Crippen LogP contribution in [0.1, 0.15) is 5.69 Å². The molecule has 0 radical (unpaired) electrons. The molecule has 0 bridgehead atoms. The van der Waals surface area contributed by atoms with Gasteiger partial charge in [-0.25, -0.2) is 9.78 Å². The highest BCUT2D eigenvalue weighted by Gasteiger charge is 2.26. The van der Waals surface area contributed by atoms with Crippen molar-refractivity contribution >= 4 is 29.1 Å². The molecule has 0 saturated carbocycles. The number of aromatic nitrogens is 2. The molecule has 28 heavy (non-hydrogen) atoms. The van der Waals surface area contributed by atoms with Crippen LogP contribution >= 0.6 is 0 Å². The normalized spacial score (nSPS) is 12.7. The number of nitrogens with one attached hydrogen (secondary N) is 2. The Morgan fingerprint density at radius 1 is 1.07 bits per heavy atom. The van der Waals surface area contributed by atoms with Crippen LogP contribution in [0.4, 0.5) is 22.0 Å². The highest BCUT2D eigenvalue weighted by atomic mass is 16.5. The zero-order valence-corrected chi connectivity index (χ0v) is 14.8. The third kappa shape index (κ3) is 3.75. The lowest BCUT2D eigenvalue weighted by atomic mass is 10.2. The Labute approximate surface area is 161 Å². The second-order valence-corrected chi connectivity index (χ2v) is 6.01. The number of benzene rings is 1. The van der Waals surface area contributed by atoms with Crippen LogP contribution in [0.15, 0.2) is 67.0 Å². The smallest absolute Gasteiger partial charge is 0.320 e. The predicted molar refractivity (Wildman–Crippen MR) is 103 cm³/mol. The van der Waals surface area contributed by atoms with Crippen LogP contribution in [0, 0.1) is 0 Å². The molecule has 3 amide bonds. The Hall–Kier alpha value is -3.94. The van der Waals surface area contributed by atoms with Gasteiger partial charge in [0.2, 0.25) is 0 Å². The second kappa shape index (κ2) is 7.75. The molecule has 1 aromatic carbocycles. The van der Waals surface area contributed by atoms with Gasteiger partial charge < -0.3 is 10.1 Å². The Balaban J connectivity index is 1.49. The standard InChI is InChI=1S/C20H17N5O3/c26-19-13-28-17-7-2-1-6-16(17)25(19)15-8-10-22-18(11-15)24-20(27)23-12-14-5-3-4-9-21-14/h1-11H,12-13H2,(H2,22,23,24,27). The molecule has 0 aliphatic carbocycles. The third-order valence-electron chi connectivity index (χ3n) is 4.11. The van der Waals surface area contributed by atoms with E-state index in [1.807, 2.05) is 30.3 Å². The maximum Gasteiger partial charge on any atom is 0.320 e. The minimum absolute atomic E-state index is 0.0489. The van der Waals surface area contributed by atoms with E-state index in [0.29, 0.717) is 29.5 Å². The summed E-state index contributed by atoms with van der Waals surface area (Å²) in [6, 6.07) is 15.7. The van der Waals surface area contributed by atoms with Gasteiger partial charge in [-0.2, -0.15) is 0 Å². The number of hydrogen-bond donors (Lipinski definition) is 2. The average molecular weight is 375 g/mol. The average Bonchev–Trinajstić information content (AvgIpc) is 2.73. The Morgan fingerprint density at radius 3 is 2.79 bits per heavy atom. The summed E-state index contributed by atoms with van der Waals surface area (Å²) < 4.78 is 5.46. The summed E-state index contributed by atoms with van der Waals surface area (Å²) in [6.45, 7) is 0.244. The zero-order valence-electron chi connectivity index (χ0n) is 14.8. The van der Waals surface area contributed by atoms with Crippen molar-refractivity contribution in [3.05, 3.63) is 72.7 Å². The van der Waals surface area contributed by atoms with Gasteiger partial charge in [0.1, 0.15) is 11.6 Å². The quantitative estimate of drug-likeness (QED) is 0.731. The molecule has 1 aliphatic heterocycles. The topological polar surface area (TPSA) is 96.5 Å².